The molecule has 28 heavy (non-hydrogen) atoms. The monoisotopic (exact) mass is 383 g/mol. The standard InChI is InChI=1S/C19H17N3O6/c1-26-15-9-5-6-12(17(15)28-11-16(23)27-2)10-20-22-18(24)13-7-3-4-8-14(13)21-19(22)25/h3-10H,11H2,1-2H3,(H,21,25). The maximum atomic E-state index is 12.5. The molecule has 9 heteroatoms. The highest BCUT2D eigenvalue weighted by Crippen LogP contribution is 2.30. The van der Waals surface area contributed by atoms with Gasteiger partial charge in [0.05, 0.1) is 31.3 Å². The number of H-pyrrole nitrogens is 1. The minimum Gasteiger partial charge on any atom is -0.493 e. The summed E-state index contributed by atoms with van der Waals surface area (Å²) in [6, 6.07) is 11.6. The number of carbonyl (C=O) groups is 1. The molecule has 9 nitrogen and oxygen atoms in total. The van der Waals surface area contributed by atoms with Crippen LogP contribution < -0.4 is 20.7 Å². The highest BCUT2D eigenvalue weighted by Gasteiger charge is 2.12. The van der Waals surface area contributed by atoms with Gasteiger partial charge in [0.25, 0.3) is 5.56 Å². The van der Waals surface area contributed by atoms with Crippen LogP contribution in [0.2, 0.25) is 0 Å². The molecule has 1 aromatic heterocycles. The number of nitrogens with zero attached hydrogens (tertiary/aromatic N) is 2. The van der Waals surface area contributed by atoms with Crippen LogP contribution in [0.1, 0.15) is 5.56 Å². The van der Waals surface area contributed by atoms with Crippen molar-refractivity contribution in [3.05, 3.63) is 68.9 Å². The topological polar surface area (TPSA) is 112 Å². The van der Waals surface area contributed by atoms with Crippen LogP contribution in [0.25, 0.3) is 10.9 Å². The second-order valence-corrected chi connectivity index (χ2v) is 5.58. The molecule has 0 unspecified atom stereocenters. The summed E-state index contributed by atoms with van der Waals surface area (Å²) in [6.45, 7) is -0.339. The molecule has 0 aliphatic heterocycles. The van der Waals surface area contributed by atoms with E-state index >= 15 is 0 Å². The quantitative estimate of drug-likeness (QED) is 0.504. The zero-order valence-corrected chi connectivity index (χ0v) is 15.2. The molecule has 1 heterocycles. The lowest BCUT2D eigenvalue weighted by Crippen LogP contribution is -2.32. The summed E-state index contributed by atoms with van der Waals surface area (Å²) in [5, 5.41) is 4.32. The summed E-state index contributed by atoms with van der Waals surface area (Å²) in [6.07, 6.45) is 1.28. The van der Waals surface area contributed by atoms with Gasteiger partial charge in [0.15, 0.2) is 18.1 Å². The van der Waals surface area contributed by atoms with Crippen LogP contribution in [-0.2, 0) is 9.53 Å². The first-order valence-corrected chi connectivity index (χ1v) is 8.20. The Morgan fingerprint density at radius 3 is 2.68 bits per heavy atom. The molecule has 0 aliphatic rings. The van der Waals surface area contributed by atoms with Gasteiger partial charge in [0, 0.05) is 5.56 Å². The van der Waals surface area contributed by atoms with Gasteiger partial charge in [-0.05, 0) is 24.3 Å². The van der Waals surface area contributed by atoms with Crippen molar-refractivity contribution in [1.29, 1.82) is 0 Å². The van der Waals surface area contributed by atoms with Crippen molar-refractivity contribution < 1.29 is 19.0 Å². The van der Waals surface area contributed by atoms with Gasteiger partial charge < -0.3 is 19.2 Å². The molecule has 2 aromatic carbocycles. The van der Waals surface area contributed by atoms with Crippen LogP contribution in [0.4, 0.5) is 0 Å². The summed E-state index contributed by atoms with van der Waals surface area (Å²) in [5.74, 6) is 0.00743. The van der Waals surface area contributed by atoms with Crippen molar-refractivity contribution in [2.75, 3.05) is 20.8 Å². The Hall–Kier alpha value is -3.88. The number of benzene rings is 2. The fourth-order valence-corrected chi connectivity index (χ4v) is 2.52. The predicted molar refractivity (Wildman–Crippen MR) is 102 cm³/mol. The predicted octanol–water partition coefficient (Wildman–Crippen LogP) is 1.13. The number of carbonyl (C=O) groups excluding carboxylic acids is 1. The van der Waals surface area contributed by atoms with Crippen molar-refractivity contribution in [1.82, 2.24) is 9.66 Å². The number of aromatic nitrogens is 2. The van der Waals surface area contributed by atoms with Crippen molar-refractivity contribution in [3.8, 4) is 11.5 Å². The van der Waals surface area contributed by atoms with Crippen LogP contribution in [0.5, 0.6) is 11.5 Å². The number of hydrogen-bond acceptors (Lipinski definition) is 7. The molecule has 0 saturated carbocycles. The van der Waals surface area contributed by atoms with E-state index in [9.17, 15) is 14.4 Å². The normalized spacial score (nSPS) is 10.9. The third-order valence-electron chi connectivity index (χ3n) is 3.89. The first-order valence-electron chi connectivity index (χ1n) is 8.20. The number of esters is 1. The molecule has 3 aromatic rings. The summed E-state index contributed by atoms with van der Waals surface area (Å²) in [7, 11) is 2.69. The summed E-state index contributed by atoms with van der Waals surface area (Å²) in [4.78, 5) is 38.7. The van der Waals surface area contributed by atoms with Gasteiger partial charge in [0.2, 0.25) is 0 Å². The van der Waals surface area contributed by atoms with E-state index in [4.69, 9.17) is 9.47 Å². The lowest BCUT2D eigenvalue weighted by atomic mass is 10.2. The summed E-state index contributed by atoms with van der Waals surface area (Å²) in [5.41, 5.74) is -0.412. The Kier molecular flexibility index (Phi) is 5.54. The van der Waals surface area contributed by atoms with Crippen LogP contribution in [0.3, 0.4) is 0 Å². The first kappa shape index (κ1) is 18.9. The largest absolute Gasteiger partial charge is 0.493 e. The third-order valence-corrected chi connectivity index (χ3v) is 3.89. The van der Waals surface area contributed by atoms with Crippen LogP contribution in [0, 0.1) is 0 Å². The molecule has 0 bridgehead atoms. The number of nitrogens with one attached hydrogen (secondary N) is 1. The maximum Gasteiger partial charge on any atom is 0.349 e. The van der Waals surface area contributed by atoms with Crippen molar-refractivity contribution >= 4 is 23.1 Å². The Balaban J connectivity index is 2.03. The van der Waals surface area contributed by atoms with Crippen LogP contribution >= 0.6 is 0 Å². The molecule has 0 aliphatic carbocycles. The number of aromatic amines is 1. The highest BCUT2D eigenvalue weighted by molar-refractivity contribution is 5.85. The van der Waals surface area contributed by atoms with Gasteiger partial charge in [-0.3, -0.25) is 4.79 Å². The number of fused-ring (bicyclic) bond motifs is 1. The lowest BCUT2D eigenvalue weighted by Gasteiger charge is -2.12. The van der Waals surface area contributed by atoms with E-state index in [2.05, 4.69) is 14.8 Å². The third kappa shape index (κ3) is 3.78. The zero-order valence-electron chi connectivity index (χ0n) is 15.2. The molecule has 0 radical (unpaired) electrons. The summed E-state index contributed by atoms with van der Waals surface area (Å²) < 4.78 is 16.0. The van der Waals surface area contributed by atoms with E-state index in [-0.39, 0.29) is 12.4 Å². The molecule has 0 saturated heterocycles. The average Bonchev–Trinajstić information content (AvgIpc) is 2.71. The van der Waals surface area contributed by atoms with Gasteiger partial charge in [0.1, 0.15) is 0 Å². The fraction of sp³-hybridized carbons (Fsp3) is 0.158. The van der Waals surface area contributed by atoms with E-state index in [0.29, 0.717) is 26.9 Å². The Morgan fingerprint density at radius 1 is 1.14 bits per heavy atom. The summed E-state index contributed by atoms with van der Waals surface area (Å²) >= 11 is 0. The molecule has 1 N–H and O–H groups in total. The van der Waals surface area contributed by atoms with E-state index in [0.717, 1.165) is 0 Å². The number of hydrogen-bond donors (Lipinski definition) is 1. The minimum atomic E-state index is -0.681. The molecule has 0 amide bonds. The molecular weight excluding hydrogens is 366 g/mol. The van der Waals surface area contributed by atoms with E-state index in [1.54, 1.807) is 42.5 Å². The zero-order chi connectivity index (χ0) is 20.1. The molecule has 144 valence electrons. The Bertz CT molecular complexity index is 1160. The van der Waals surface area contributed by atoms with Crippen molar-refractivity contribution in [2.24, 2.45) is 5.10 Å². The second-order valence-electron chi connectivity index (χ2n) is 5.58. The highest BCUT2D eigenvalue weighted by atomic mass is 16.6. The minimum absolute atomic E-state index is 0.226. The molecular formula is C19H17N3O6. The molecule has 0 spiro atoms. The lowest BCUT2D eigenvalue weighted by molar-refractivity contribution is -0.142. The van der Waals surface area contributed by atoms with Crippen molar-refractivity contribution in [3.63, 3.8) is 0 Å². The number of rotatable bonds is 6. The fourth-order valence-electron chi connectivity index (χ4n) is 2.52. The maximum absolute atomic E-state index is 12.5. The number of ether oxygens (including phenoxy) is 3. The Labute approximate surface area is 158 Å². The van der Waals surface area contributed by atoms with Gasteiger partial charge >= 0.3 is 11.7 Å². The molecule has 0 atom stereocenters. The first-order chi connectivity index (χ1) is 13.5. The second kappa shape index (κ2) is 8.21. The van der Waals surface area contributed by atoms with Gasteiger partial charge in [-0.15, -0.1) is 4.68 Å². The average molecular weight is 383 g/mol. The molecule has 0 fully saturated rings. The number of para-hydroxylation sites is 2. The van der Waals surface area contributed by atoms with Crippen molar-refractivity contribution in [2.45, 2.75) is 0 Å². The van der Waals surface area contributed by atoms with Gasteiger partial charge in [-0.1, -0.05) is 18.2 Å². The van der Waals surface area contributed by atoms with E-state index < -0.39 is 17.2 Å². The van der Waals surface area contributed by atoms with Crippen LogP contribution in [0.15, 0.2) is 57.2 Å². The van der Waals surface area contributed by atoms with E-state index in [1.165, 1.54) is 20.4 Å². The van der Waals surface area contributed by atoms with E-state index in [1.807, 2.05) is 0 Å². The van der Waals surface area contributed by atoms with Gasteiger partial charge in [-0.25, -0.2) is 9.59 Å². The van der Waals surface area contributed by atoms with Crippen LogP contribution in [-0.4, -0.2) is 42.7 Å². The SMILES string of the molecule is COC(=O)COc1c(C=Nn2c(=O)[nH]c3ccccc3c2=O)cccc1OC. The Morgan fingerprint density at radius 2 is 1.93 bits per heavy atom. The smallest absolute Gasteiger partial charge is 0.349 e. The van der Waals surface area contributed by atoms with Gasteiger partial charge in [-0.2, -0.15) is 5.10 Å². The number of methoxy groups -OCH3 is 2. The molecule has 3 rings (SSSR count).